The maximum absolute atomic E-state index is 11.9. The van der Waals surface area contributed by atoms with Gasteiger partial charge in [-0.1, -0.05) is 6.08 Å². The molecule has 20 nitrogen and oxygen atoms in total. The fourth-order valence-corrected chi connectivity index (χ4v) is 7.80. The minimum atomic E-state index is -2.31. The first-order valence-corrected chi connectivity index (χ1v) is 16.7. The molecule has 50 heavy (non-hydrogen) atoms. The molecule has 0 spiro atoms. The molecule has 0 aromatic rings. The van der Waals surface area contributed by atoms with E-state index in [4.69, 9.17) is 47.4 Å². The molecular weight excluding hydrogens is 680 g/mol. The Kier molecular flexibility index (Phi) is 10.7. The molecule has 7 rings (SSSR count). The normalized spacial score (nSPS) is 56.0. The lowest BCUT2D eigenvalue weighted by molar-refractivity contribution is -0.427. The number of rotatable bonds is 12. The van der Waals surface area contributed by atoms with Crippen LogP contribution in [0.15, 0.2) is 12.7 Å². The smallest absolute Gasteiger partial charge is 0.203 e. The highest BCUT2D eigenvalue weighted by molar-refractivity contribution is 5.13. The second-order valence-electron chi connectivity index (χ2n) is 13.8. The van der Waals surface area contributed by atoms with Gasteiger partial charge in [0, 0.05) is 12.8 Å². The molecule has 0 aliphatic carbocycles. The fraction of sp³-hybridized carbons (Fsp3) is 0.933. The van der Waals surface area contributed by atoms with Crippen molar-refractivity contribution in [3.8, 4) is 0 Å². The third-order valence-corrected chi connectivity index (χ3v) is 10.6. The average Bonchev–Trinajstić information content (AvgIpc) is 3.78. The fourth-order valence-electron chi connectivity index (χ4n) is 7.80. The van der Waals surface area contributed by atoms with Crippen LogP contribution in [-0.2, 0) is 47.4 Å². The van der Waals surface area contributed by atoms with Gasteiger partial charge in [0.25, 0.3) is 0 Å². The third kappa shape index (κ3) is 6.25. The molecule has 4 bridgehead atoms. The second kappa shape index (κ2) is 14.3. The molecule has 7 heterocycles. The zero-order chi connectivity index (χ0) is 35.7. The molecule has 7 aliphatic rings. The van der Waals surface area contributed by atoms with E-state index in [1.807, 2.05) is 0 Å². The lowest BCUT2D eigenvalue weighted by atomic mass is 9.75. The van der Waals surface area contributed by atoms with Crippen LogP contribution in [0.1, 0.15) is 12.8 Å². The molecule has 7 saturated heterocycles. The number of ether oxygens (including phenoxy) is 10. The first-order chi connectivity index (χ1) is 23.9. The van der Waals surface area contributed by atoms with Gasteiger partial charge in [-0.3, -0.25) is 0 Å². The third-order valence-electron chi connectivity index (χ3n) is 10.6. The molecule has 0 aromatic carbocycles. The number of epoxide rings is 1. The number of aliphatic hydroxyl groups is 10. The van der Waals surface area contributed by atoms with Crippen molar-refractivity contribution in [2.75, 3.05) is 33.0 Å². The Morgan fingerprint density at radius 1 is 0.680 bits per heavy atom. The van der Waals surface area contributed by atoms with Crippen molar-refractivity contribution >= 4 is 0 Å². The van der Waals surface area contributed by atoms with Crippen LogP contribution in [0.2, 0.25) is 0 Å². The van der Waals surface area contributed by atoms with Gasteiger partial charge in [0.15, 0.2) is 24.5 Å². The van der Waals surface area contributed by atoms with E-state index >= 15 is 0 Å². The highest BCUT2D eigenvalue weighted by atomic mass is 16.8. The van der Waals surface area contributed by atoms with Gasteiger partial charge in [-0.05, 0) is 0 Å². The van der Waals surface area contributed by atoms with Crippen molar-refractivity contribution in [1.29, 1.82) is 0 Å². The van der Waals surface area contributed by atoms with E-state index in [1.165, 1.54) is 6.08 Å². The van der Waals surface area contributed by atoms with E-state index in [-0.39, 0.29) is 32.7 Å². The van der Waals surface area contributed by atoms with Gasteiger partial charge in [0.2, 0.25) is 5.79 Å². The molecule has 0 amide bonds. The topological polar surface area (TPSA) is 298 Å². The molecule has 0 radical (unpaired) electrons. The van der Waals surface area contributed by atoms with Crippen molar-refractivity contribution in [1.82, 2.24) is 0 Å². The van der Waals surface area contributed by atoms with Crippen LogP contribution in [0.5, 0.6) is 0 Å². The van der Waals surface area contributed by atoms with Crippen LogP contribution in [0.3, 0.4) is 0 Å². The van der Waals surface area contributed by atoms with Crippen LogP contribution in [0, 0.1) is 0 Å². The predicted octanol–water partition coefficient (Wildman–Crippen LogP) is -6.55. The Hall–Kier alpha value is -1.06. The van der Waals surface area contributed by atoms with E-state index in [0.29, 0.717) is 0 Å². The Morgan fingerprint density at radius 2 is 1.30 bits per heavy atom. The van der Waals surface area contributed by atoms with Gasteiger partial charge < -0.3 is 98.4 Å². The van der Waals surface area contributed by atoms with Crippen molar-refractivity contribution in [2.45, 2.75) is 141 Å². The summed E-state index contributed by atoms with van der Waals surface area (Å²) < 4.78 is 57.9. The van der Waals surface area contributed by atoms with Crippen molar-refractivity contribution in [3.05, 3.63) is 12.7 Å². The van der Waals surface area contributed by atoms with E-state index in [9.17, 15) is 51.1 Å². The van der Waals surface area contributed by atoms with Gasteiger partial charge in [-0.15, -0.1) is 6.58 Å². The molecular formula is C30H46O20. The summed E-state index contributed by atoms with van der Waals surface area (Å²) in [6, 6.07) is 0. The molecule has 10 N–H and O–H groups in total. The van der Waals surface area contributed by atoms with Gasteiger partial charge in [-0.2, -0.15) is 0 Å². The van der Waals surface area contributed by atoms with Gasteiger partial charge in [0.05, 0.1) is 39.1 Å². The number of hydrogen-bond acceptors (Lipinski definition) is 20. The highest BCUT2D eigenvalue weighted by Crippen LogP contribution is 2.49. The van der Waals surface area contributed by atoms with Crippen LogP contribution in [0.4, 0.5) is 0 Å². The van der Waals surface area contributed by atoms with Gasteiger partial charge in [-0.25, -0.2) is 0 Å². The van der Waals surface area contributed by atoms with Crippen molar-refractivity contribution in [2.24, 2.45) is 0 Å². The summed E-state index contributed by atoms with van der Waals surface area (Å²) in [6.45, 7) is 2.28. The average molecular weight is 727 g/mol. The zero-order valence-corrected chi connectivity index (χ0v) is 26.8. The Morgan fingerprint density at radius 3 is 1.94 bits per heavy atom. The van der Waals surface area contributed by atoms with E-state index in [1.54, 1.807) is 0 Å². The summed E-state index contributed by atoms with van der Waals surface area (Å²) in [7, 11) is 0. The molecule has 20 heteroatoms. The molecule has 21 atom stereocenters. The van der Waals surface area contributed by atoms with E-state index in [2.05, 4.69) is 6.58 Å². The van der Waals surface area contributed by atoms with Gasteiger partial charge in [0.1, 0.15) is 91.6 Å². The summed E-state index contributed by atoms with van der Waals surface area (Å²) in [6.07, 6.45) is -25.0. The minimum absolute atomic E-state index is 0.0302. The standard InChI is InChI=1S/C30H46O20/c1-2-3-29(40)25(38)16(34)12(6-32)49-30(29,4-10-7-41-10)50-21-14-9-43-24(21)19(37)28(46-14)48-22-15(33)11(5-31)45-27(18(22)36)47-20-13-8-42-23(20)17(35)26(39)44-13/h2,10-28,31-40H,1,3-9H2/t10?,11-,12-,13+,14+,15-,16+,17+,18-,19+,20+,21+,22+,23+,24+,25+,26-,27+,28+,29-,30+/m1/s1. The summed E-state index contributed by atoms with van der Waals surface area (Å²) in [5.74, 6) is -2.12. The molecule has 1 unspecified atom stereocenters. The molecule has 7 fully saturated rings. The SMILES string of the molecule is C=CC[C@@]1(O)[C@@H](O)[C@@H](O)[C@@H](CO)O[C@@]1(CC1CO1)O[C@@H]1[C@H]2OC[C@@H]1O[C@@H](O[C@@H]1[C@@H](O)[C@H](O[C@@H]3[C@H]4OC[C@@H]3O[C@@H](O)[C@H]4O)O[C@H](CO)[C@H]1O)[C@H]2O. The first-order valence-electron chi connectivity index (χ1n) is 16.7. The van der Waals surface area contributed by atoms with Crippen molar-refractivity contribution in [3.63, 3.8) is 0 Å². The van der Waals surface area contributed by atoms with Crippen LogP contribution >= 0.6 is 0 Å². The molecule has 0 aromatic heterocycles. The quantitative estimate of drug-likeness (QED) is 0.0660. The second-order valence-corrected chi connectivity index (χ2v) is 13.8. The number of aliphatic hydroxyl groups excluding tert-OH is 9. The number of fused-ring (bicyclic) bond motifs is 4. The Balaban J connectivity index is 1.08. The molecule has 0 saturated carbocycles. The van der Waals surface area contributed by atoms with Crippen LogP contribution < -0.4 is 0 Å². The summed E-state index contributed by atoms with van der Waals surface area (Å²) in [5.41, 5.74) is -2.31. The lowest BCUT2D eigenvalue weighted by Crippen LogP contribution is -2.75. The Labute approximate surface area is 285 Å². The number of hydrogen-bond donors (Lipinski definition) is 10. The minimum Gasteiger partial charge on any atom is -0.394 e. The van der Waals surface area contributed by atoms with Crippen LogP contribution in [-0.4, -0.2) is 212 Å². The Bertz CT molecular complexity index is 1200. The summed E-state index contributed by atoms with van der Waals surface area (Å²) in [4.78, 5) is 0. The van der Waals surface area contributed by atoms with Gasteiger partial charge >= 0.3 is 0 Å². The largest absolute Gasteiger partial charge is 0.394 e. The zero-order valence-electron chi connectivity index (χ0n) is 26.8. The predicted molar refractivity (Wildman–Crippen MR) is 154 cm³/mol. The maximum atomic E-state index is 11.9. The molecule has 286 valence electrons. The van der Waals surface area contributed by atoms with Crippen LogP contribution in [0.25, 0.3) is 0 Å². The molecule has 7 aliphatic heterocycles. The first kappa shape index (κ1) is 37.3. The monoisotopic (exact) mass is 726 g/mol. The summed E-state index contributed by atoms with van der Waals surface area (Å²) in [5, 5.41) is 108. The summed E-state index contributed by atoms with van der Waals surface area (Å²) >= 11 is 0. The lowest BCUT2D eigenvalue weighted by Gasteiger charge is -2.56. The highest BCUT2D eigenvalue weighted by Gasteiger charge is 2.68. The van der Waals surface area contributed by atoms with E-state index in [0.717, 1.165) is 0 Å². The van der Waals surface area contributed by atoms with E-state index < -0.39 is 141 Å². The maximum Gasteiger partial charge on any atom is 0.203 e. The van der Waals surface area contributed by atoms with Crippen molar-refractivity contribution < 1.29 is 98.4 Å².